The van der Waals surface area contributed by atoms with Crippen molar-refractivity contribution in [3.05, 3.63) is 54.1 Å². The summed E-state index contributed by atoms with van der Waals surface area (Å²) >= 11 is 0. The minimum absolute atomic E-state index is 0.174. The van der Waals surface area contributed by atoms with Gasteiger partial charge in [-0.2, -0.15) is 0 Å². The average molecular weight is 323 g/mol. The molecule has 2 aromatic rings. The summed E-state index contributed by atoms with van der Waals surface area (Å²) in [4.78, 5) is 15.2. The Morgan fingerprint density at radius 3 is 2.42 bits per heavy atom. The van der Waals surface area contributed by atoms with E-state index >= 15 is 0 Å². The van der Waals surface area contributed by atoms with Crippen molar-refractivity contribution in [3.8, 4) is 11.5 Å². The Morgan fingerprint density at radius 1 is 1.04 bits per heavy atom. The molecule has 24 heavy (non-hydrogen) atoms. The molecule has 0 saturated heterocycles. The molecular formula is C20H21NO3. The molecule has 4 nitrogen and oxygen atoms in total. The van der Waals surface area contributed by atoms with Gasteiger partial charge in [-0.3, -0.25) is 4.79 Å². The summed E-state index contributed by atoms with van der Waals surface area (Å²) in [5.74, 6) is 1.69. The maximum absolute atomic E-state index is 13.3. The fourth-order valence-corrected chi connectivity index (χ4v) is 3.40. The SMILES string of the molecule is CCN(C(=O)C1(c2ccc3c(c2)OCCO3)CC1)c1ccccc1. The van der Waals surface area contributed by atoms with Gasteiger partial charge in [0.05, 0.1) is 5.41 Å². The van der Waals surface area contributed by atoms with Crippen molar-refractivity contribution < 1.29 is 14.3 Å². The van der Waals surface area contributed by atoms with E-state index in [2.05, 4.69) is 0 Å². The lowest BCUT2D eigenvalue weighted by atomic mass is 9.93. The zero-order valence-corrected chi connectivity index (χ0v) is 13.8. The first-order valence-electron chi connectivity index (χ1n) is 8.52. The van der Waals surface area contributed by atoms with Crippen LogP contribution < -0.4 is 14.4 Å². The van der Waals surface area contributed by atoms with Crippen LogP contribution in [0.3, 0.4) is 0 Å². The second-order valence-electron chi connectivity index (χ2n) is 6.33. The van der Waals surface area contributed by atoms with Crippen LogP contribution in [0.2, 0.25) is 0 Å². The predicted octanol–water partition coefficient (Wildman–Crippen LogP) is 3.54. The van der Waals surface area contributed by atoms with Gasteiger partial charge in [-0.1, -0.05) is 24.3 Å². The molecule has 4 heteroatoms. The number of fused-ring (bicyclic) bond motifs is 1. The van der Waals surface area contributed by atoms with E-state index in [1.54, 1.807) is 0 Å². The molecule has 1 heterocycles. The first kappa shape index (κ1) is 15.1. The summed E-state index contributed by atoms with van der Waals surface area (Å²) in [7, 11) is 0. The highest BCUT2D eigenvalue weighted by Gasteiger charge is 2.53. The van der Waals surface area contributed by atoms with Gasteiger partial charge in [-0.15, -0.1) is 0 Å². The molecule has 2 aromatic carbocycles. The topological polar surface area (TPSA) is 38.8 Å². The van der Waals surface area contributed by atoms with Crippen molar-refractivity contribution in [3.63, 3.8) is 0 Å². The van der Waals surface area contributed by atoms with Crippen molar-refractivity contribution in [2.75, 3.05) is 24.7 Å². The van der Waals surface area contributed by atoms with Crippen molar-refractivity contribution in [1.82, 2.24) is 0 Å². The maximum Gasteiger partial charge on any atom is 0.237 e. The number of nitrogens with zero attached hydrogens (tertiary/aromatic N) is 1. The van der Waals surface area contributed by atoms with Crippen LogP contribution in [0.25, 0.3) is 0 Å². The lowest BCUT2D eigenvalue weighted by molar-refractivity contribution is -0.121. The average Bonchev–Trinajstić information content (AvgIpc) is 3.45. The standard InChI is InChI=1S/C20H21NO3/c1-2-21(16-6-4-3-5-7-16)19(22)20(10-11-20)15-8-9-17-18(14-15)24-13-12-23-17/h3-9,14H,2,10-13H2,1H3. The number of benzene rings is 2. The van der Waals surface area contributed by atoms with Gasteiger partial charge in [0.15, 0.2) is 11.5 Å². The van der Waals surface area contributed by atoms with E-state index in [0.717, 1.165) is 35.6 Å². The predicted molar refractivity (Wildman–Crippen MR) is 92.8 cm³/mol. The van der Waals surface area contributed by atoms with Gasteiger partial charge in [0.1, 0.15) is 13.2 Å². The molecule has 0 aromatic heterocycles. The highest BCUT2D eigenvalue weighted by Crippen LogP contribution is 2.51. The van der Waals surface area contributed by atoms with E-state index in [9.17, 15) is 4.79 Å². The third-order valence-corrected chi connectivity index (χ3v) is 4.88. The minimum Gasteiger partial charge on any atom is -0.486 e. The molecule has 4 rings (SSSR count). The fourth-order valence-electron chi connectivity index (χ4n) is 3.40. The van der Waals surface area contributed by atoms with Gasteiger partial charge >= 0.3 is 0 Å². The molecule has 1 aliphatic heterocycles. The van der Waals surface area contributed by atoms with Crippen molar-refractivity contribution in [2.45, 2.75) is 25.2 Å². The molecule has 2 aliphatic rings. The third-order valence-electron chi connectivity index (χ3n) is 4.88. The number of rotatable bonds is 4. The zero-order chi connectivity index (χ0) is 16.6. The van der Waals surface area contributed by atoms with E-state index in [1.807, 2.05) is 60.4 Å². The third kappa shape index (κ3) is 2.42. The van der Waals surface area contributed by atoms with Crippen molar-refractivity contribution >= 4 is 11.6 Å². The molecule has 1 aliphatic carbocycles. The first-order valence-corrected chi connectivity index (χ1v) is 8.52. The van der Waals surface area contributed by atoms with Gasteiger partial charge in [0.2, 0.25) is 5.91 Å². The second-order valence-corrected chi connectivity index (χ2v) is 6.33. The summed E-state index contributed by atoms with van der Waals surface area (Å²) in [6.45, 7) is 3.82. The number of likely N-dealkylation sites (N-methyl/N-ethyl adjacent to an activating group) is 1. The Hall–Kier alpha value is -2.49. The monoisotopic (exact) mass is 323 g/mol. The smallest absolute Gasteiger partial charge is 0.237 e. The normalized spacial score (nSPS) is 17.2. The Bertz CT molecular complexity index is 753. The number of carbonyl (C=O) groups is 1. The molecule has 124 valence electrons. The van der Waals surface area contributed by atoms with Crippen LogP contribution in [-0.4, -0.2) is 25.7 Å². The molecule has 0 radical (unpaired) electrons. The lowest BCUT2D eigenvalue weighted by Crippen LogP contribution is -2.39. The zero-order valence-electron chi connectivity index (χ0n) is 13.8. The molecule has 1 saturated carbocycles. The van der Waals surface area contributed by atoms with Crippen molar-refractivity contribution in [1.29, 1.82) is 0 Å². The van der Waals surface area contributed by atoms with Gasteiger partial charge in [0.25, 0.3) is 0 Å². The van der Waals surface area contributed by atoms with Gasteiger partial charge in [0, 0.05) is 12.2 Å². The minimum atomic E-state index is -0.415. The largest absolute Gasteiger partial charge is 0.486 e. The number of carbonyl (C=O) groups excluding carboxylic acids is 1. The van der Waals surface area contributed by atoms with E-state index in [1.165, 1.54) is 0 Å². The number of amides is 1. The molecule has 0 N–H and O–H groups in total. The molecular weight excluding hydrogens is 302 g/mol. The van der Waals surface area contributed by atoms with Crippen LogP contribution in [0.1, 0.15) is 25.3 Å². The molecule has 0 atom stereocenters. The number of hydrogen-bond donors (Lipinski definition) is 0. The Morgan fingerprint density at radius 2 is 1.75 bits per heavy atom. The summed E-state index contributed by atoms with van der Waals surface area (Å²) in [5.41, 5.74) is 1.57. The lowest BCUT2D eigenvalue weighted by Gasteiger charge is -2.27. The van der Waals surface area contributed by atoms with E-state index in [0.29, 0.717) is 19.8 Å². The summed E-state index contributed by atoms with van der Waals surface area (Å²) in [6, 6.07) is 15.8. The Labute approximate surface area is 142 Å². The van der Waals surface area contributed by atoms with Gasteiger partial charge < -0.3 is 14.4 Å². The quantitative estimate of drug-likeness (QED) is 0.864. The fraction of sp³-hybridized carbons (Fsp3) is 0.350. The van der Waals surface area contributed by atoms with E-state index in [4.69, 9.17) is 9.47 Å². The first-order chi connectivity index (χ1) is 11.7. The number of hydrogen-bond acceptors (Lipinski definition) is 3. The number of anilines is 1. The van der Waals surface area contributed by atoms with Crippen molar-refractivity contribution in [2.24, 2.45) is 0 Å². The van der Waals surface area contributed by atoms with E-state index in [-0.39, 0.29) is 5.91 Å². The van der Waals surface area contributed by atoms with Gasteiger partial charge in [-0.25, -0.2) is 0 Å². The molecule has 0 unspecified atom stereocenters. The van der Waals surface area contributed by atoms with Crippen LogP contribution in [0.15, 0.2) is 48.5 Å². The molecule has 1 fully saturated rings. The molecule has 1 amide bonds. The highest BCUT2D eigenvalue weighted by molar-refractivity contribution is 6.03. The molecule has 0 spiro atoms. The molecule has 0 bridgehead atoms. The summed E-state index contributed by atoms with van der Waals surface area (Å²) < 4.78 is 11.3. The van der Waals surface area contributed by atoms with Crippen LogP contribution in [0, 0.1) is 0 Å². The van der Waals surface area contributed by atoms with Crippen LogP contribution in [0.5, 0.6) is 11.5 Å². The van der Waals surface area contributed by atoms with Crippen LogP contribution in [0.4, 0.5) is 5.69 Å². The summed E-state index contributed by atoms with van der Waals surface area (Å²) in [5, 5.41) is 0. The maximum atomic E-state index is 13.3. The van der Waals surface area contributed by atoms with Crippen LogP contribution in [-0.2, 0) is 10.2 Å². The summed E-state index contributed by atoms with van der Waals surface area (Å²) in [6.07, 6.45) is 1.77. The number of para-hydroxylation sites is 1. The van der Waals surface area contributed by atoms with Gasteiger partial charge in [-0.05, 0) is 49.6 Å². The Balaban J connectivity index is 1.66. The van der Waals surface area contributed by atoms with Crippen LogP contribution >= 0.6 is 0 Å². The van der Waals surface area contributed by atoms with E-state index < -0.39 is 5.41 Å². The highest BCUT2D eigenvalue weighted by atomic mass is 16.6. The number of ether oxygens (including phenoxy) is 2. The second kappa shape index (κ2) is 5.86. The Kier molecular flexibility index (Phi) is 3.68.